The van der Waals surface area contributed by atoms with Gasteiger partial charge < -0.3 is 10.6 Å². The van der Waals surface area contributed by atoms with Gasteiger partial charge in [-0.25, -0.2) is 0 Å². The Labute approximate surface area is 125 Å². The number of halogens is 1. The number of thiocarbonyl (C=S) groups is 1. The molecule has 0 heterocycles. The minimum atomic E-state index is 0.494. The maximum Gasteiger partial charge on any atom is 0.171 e. The van der Waals surface area contributed by atoms with E-state index in [-0.39, 0.29) is 0 Å². The zero-order chi connectivity index (χ0) is 13.8. The van der Waals surface area contributed by atoms with Gasteiger partial charge in [0.1, 0.15) is 0 Å². The van der Waals surface area contributed by atoms with Crippen LogP contribution >= 0.6 is 23.8 Å². The van der Waals surface area contributed by atoms with E-state index >= 15 is 0 Å². The molecule has 0 amide bonds. The Morgan fingerprint density at radius 2 is 2.05 bits per heavy atom. The van der Waals surface area contributed by atoms with Gasteiger partial charge in [0.25, 0.3) is 0 Å². The first-order valence-corrected chi connectivity index (χ1v) is 7.69. The lowest BCUT2D eigenvalue weighted by Gasteiger charge is -2.30. The molecule has 1 aliphatic rings. The monoisotopic (exact) mass is 296 g/mol. The third kappa shape index (κ3) is 3.83. The quantitative estimate of drug-likeness (QED) is 0.785. The van der Waals surface area contributed by atoms with Gasteiger partial charge in [-0.1, -0.05) is 37.4 Å². The third-order valence-corrected chi connectivity index (χ3v) is 4.57. The van der Waals surface area contributed by atoms with Crippen LogP contribution in [0.4, 0.5) is 5.69 Å². The standard InChI is InChI=1S/C15H21ClN2S/c1-10-6-3-4-8-13(10)17-15(19)18-14-9-5-7-12(16)11(14)2/h5,7,9-10,13H,3-4,6,8H2,1-2H3,(H2,17,18,19). The average molecular weight is 297 g/mol. The molecule has 0 radical (unpaired) electrons. The topological polar surface area (TPSA) is 24.1 Å². The van der Waals surface area contributed by atoms with Crippen molar-refractivity contribution in [1.29, 1.82) is 0 Å². The number of nitrogens with one attached hydrogen (secondary N) is 2. The van der Waals surface area contributed by atoms with Crippen molar-refractivity contribution in [2.45, 2.75) is 45.6 Å². The van der Waals surface area contributed by atoms with E-state index in [0.29, 0.717) is 17.1 Å². The van der Waals surface area contributed by atoms with E-state index in [1.807, 2.05) is 25.1 Å². The van der Waals surface area contributed by atoms with E-state index in [2.05, 4.69) is 17.6 Å². The van der Waals surface area contributed by atoms with Crippen molar-refractivity contribution in [2.24, 2.45) is 5.92 Å². The van der Waals surface area contributed by atoms with Crippen LogP contribution in [0, 0.1) is 12.8 Å². The molecule has 2 atom stereocenters. The Bertz CT molecular complexity index is 461. The van der Waals surface area contributed by atoms with Gasteiger partial charge in [0, 0.05) is 16.8 Å². The summed E-state index contributed by atoms with van der Waals surface area (Å²) in [7, 11) is 0. The van der Waals surface area contributed by atoms with Crippen LogP contribution in [-0.4, -0.2) is 11.2 Å². The molecule has 1 fully saturated rings. The molecule has 0 aliphatic heterocycles. The van der Waals surface area contributed by atoms with E-state index in [0.717, 1.165) is 16.3 Å². The summed E-state index contributed by atoms with van der Waals surface area (Å²) in [5.41, 5.74) is 2.01. The van der Waals surface area contributed by atoms with Gasteiger partial charge in [-0.15, -0.1) is 0 Å². The van der Waals surface area contributed by atoms with Crippen LogP contribution in [0.25, 0.3) is 0 Å². The molecule has 1 aromatic rings. The molecule has 1 aromatic carbocycles. The smallest absolute Gasteiger partial charge is 0.171 e. The lowest BCUT2D eigenvalue weighted by atomic mass is 9.86. The third-order valence-electron chi connectivity index (χ3n) is 3.94. The fraction of sp³-hybridized carbons (Fsp3) is 0.533. The summed E-state index contributed by atoms with van der Waals surface area (Å²) in [6, 6.07) is 6.32. The molecule has 4 heteroatoms. The van der Waals surface area contributed by atoms with E-state index < -0.39 is 0 Å². The molecule has 2 nitrogen and oxygen atoms in total. The molecular formula is C15H21ClN2S. The molecule has 0 saturated heterocycles. The number of anilines is 1. The highest BCUT2D eigenvalue weighted by atomic mass is 35.5. The van der Waals surface area contributed by atoms with Crippen LogP contribution in [0.5, 0.6) is 0 Å². The van der Waals surface area contributed by atoms with E-state index in [4.69, 9.17) is 23.8 Å². The first-order chi connectivity index (χ1) is 9.08. The predicted octanol–water partition coefficient (Wildman–Crippen LogP) is 4.51. The molecule has 104 valence electrons. The van der Waals surface area contributed by atoms with Crippen LogP contribution in [0.2, 0.25) is 5.02 Å². The van der Waals surface area contributed by atoms with Crippen molar-refractivity contribution in [2.75, 3.05) is 5.32 Å². The zero-order valence-corrected chi connectivity index (χ0v) is 13.1. The van der Waals surface area contributed by atoms with Gasteiger partial charge in [-0.2, -0.15) is 0 Å². The summed E-state index contributed by atoms with van der Waals surface area (Å²) in [4.78, 5) is 0. The van der Waals surface area contributed by atoms with Gasteiger partial charge in [0.15, 0.2) is 5.11 Å². The highest BCUT2D eigenvalue weighted by Crippen LogP contribution is 2.25. The molecular weight excluding hydrogens is 276 g/mol. The Hall–Kier alpha value is -0.800. The Morgan fingerprint density at radius 3 is 2.79 bits per heavy atom. The Balaban J connectivity index is 1.95. The normalized spacial score (nSPS) is 22.9. The summed E-state index contributed by atoms with van der Waals surface area (Å²) in [6.45, 7) is 4.29. The lowest BCUT2D eigenvalue weighted by molar-refractivity contribution is 0.309. The Kier molecular flexibility index (Phi) is 5.06. The lowest BCUT2D eigenvalue weighted by Crippen LogP contribution is -2.43. The average Bonchev–Trinajstić information content (AvgIpc) is 2.38. The first kappa shape index (κ1) is 14.6. The highest BCUT2D eigenvalue weighted by molar-refractivity contribution is 7.80. The number of hydrogen-bond donors (Lipinski definition) is 2. The summed E-state index contributed by atoms with van der Waals surface area (Å²) < 4.78 is 0. The number of hydrogen-bond acceptors (Lipinski definition) is 1. The van der Waals surface area contributed by atoms with Gasteiger partial charge >= 0.3 is 0 Å². The number of rotatable bonds is 2. The molecule has 2 rings (SSSR count). The van der Waals surface area contributed by atoms with Crippen LogP contribution < -0.4 is 10.6 Å². The fourth-order valence-corrected chi connectivity index (χ4v) is 3.04. The van der Waals surface area contributed by atoms with Gasteiger partial charge in [0.05, 0.1) is 0 Å². The maximum atomic E-state index is 6.11. The van der Waals surface area contributed by atoms with Crippen LogP contribution in [-0.2, 0) is 0 Å². The van der Waals surface area contributed by atoms with Crippen LogP contribution in [0.15, 0.2) is 18.2 Å². The molecule has 2 unspecified atom stereocenters. The van der Waals surface area contributed by atoms with Crippen LogP contribution in [0.3, 0.4) is 0 Å². The van der Waals surface area contributed by atoms with E-state index in [9.17, 15) is 0 Å². The van der Waals surface area contributed by atoms with Crippen molar-refractivity contribution in [3.05, 3.63) is 28.8 Å². The van der Waals surface area contributed by atoms with Crippen molar-refractivity contribution in [3.63, 3.8) is 0 Å². The minimum absolute atomic E-state index is 0.494. The highest BCUT2D eigenvalue weighted by Gasteiger charge is 2.21. The van der Waals surface area contributed by atoms with Crippen molar-refractivity contribution in [1.82, 2.24) is 5.32 Å². The SMILES string of the molecule is Cc1c(Cl)cccc1NC(=S)NC1CCCCC1C. The molecule has 1 saturated carbocycles. The van der Waals surface area contributed by atoms with Gasteiger partial charge in [-0.05, 0) is 55.6 Å². The largest absolute Gasteiger partial charge is 0.359 e. The predicted molar refractivity (Wildman–Crippen MR) is 87.0 cm³/mol. The van der Waals surface area contributed by atoms with Crippen molar-refractivity contribution >= 4 is 34.6 Å². The van der Waals surface area contributed by atoms with E-state index in [1.54, 1.807) is 0 Å². The summed E-state index contributed by atoms with van der Waals surface area (Å²) >= 11 is 11.5. The maximum absolute atomic E-state index is 6.11. The second-order valence-corrected chi connectivity index (χ2v) is 6.19. The second-order valence-electron chi connectivity index (χ2n) is 5.38. The molecule has 0 bridgehead atoms. The van der Waals surface area contributed by atoms with Crippen LogP contribution in [0.1, 0.15) is 38.2 Å². The molecule has 1 aliphatic carbocycles. The van der Waals surface area contributed by atoms with Crippen molar-refractivity contribution in [3.8, 4) is 0 Å². The zero-order valence-electron chi connectivity index (χ0n) is 11.5. The minimum Gasteiger partial charge on any atom is -0.359 e. The van der Waals surface area contributed by atoms with Gasteiger partial charge in [0.2, 0.25) is 0 Å². The van der Waals surface area contributed by atoms with E-state index in [1.165, 1.54) is 25.7 Å². The van der Waals surface area contributed by atoms with Gasteiger partial charge in [-0.3, -0.25) is 0 Å². The molecule has 2 N–H and O–H groups in total. The molecule has 19 heavy (non-hydrogen) atoms. The second kappa shape index (κ2) is 6.58. The summed E-state index contributed by atoms with van der Waals surface area (Å²) in [5, 5.41) is 8.16. The summed E-state index contributed by atoms with van der Waals surface area (Å²) in [5.74, 6) is 0.689. The summed E-state index contributed by atoms with van der Waals surface area (Å²) in [6.07, 6.45) is 5.13. The number of benzene rings is 1. The molecule has 0 aromatic heterocycles. The Morgan fingerprint density at radius 1 is 1.32 bits per heavy atom. The fourth-order valence-electron chi connectivity index (χ4n) is 2.60. The first-order valence-electron chi connectivity index (χ1n) is 6.90. The van der Waals surface area contributed by atoms with Crippen molar-refractivity contribution < 1.29 is 0 Å². The molecule has 0 spiro atoms.